The standard InChI is InChI=1S/C19H16N6O/c26-19(13-25-18-4-2-1-3-16(18)23-24-25)22-12-14-5-10-21-17(11-14)15-6-8-20-9-7-15/h1-11H,12-13H2,(H,22,26). The quantitative estimate of drug-likeness (QED) is 0.600. The molecule has 0 atom stereocenters. The van der Waals surface area contributed by atoms with Crippen LogP contribution in [-0.2, 0) is 17.9 Å². The lowest BCUT2D eigenvalue weighted by molar-refractivity contribution is -0.121. The first-order valence-electron chi connectivity index (χ1n) is 8.20. The van der Waals surface area contributed by atoms with Crippen LogP contribution in [0.1, 0.15) is 5.56 Å². The van der Waals surface area contributed by atoms with Crippen molar-refractivity contribution in [1.82, 2.24) is 30.3 Å². The molecule has 0 aliphatic rings. The zero-order valence-electron chi connectivity index (χ0n) is 13.9. The summed E-state index contributed by atoms with van der Waals surface area (Å²) in [6.45, 7) is 0.550. The lowest BCUT2D eigenvalue weighted by Gasteiger charge is -2.07. The molecule has 0 radical (unpaired) electrons. The van der Waals surface area contributed by atoms with E-state index in [1.54, 1.807) is 23.3 Å². The molecule has 0 aliphatic carbocycles. The first kappa shape index (κ1) is 15.9. The summed E-state index contributed by atoms with van der Waals surface area (Å²) in [6, 6.07) is 15.2. The van der Waals surface area contributed by atoms with E-state index in [9.17, 15) is 4.79 Å². The number of hydrogen-bond donors (Lipinski definition) is 1. The molecule has 4 aromatic rings. The van der Waals surface area contributed by atoms with Gasteiger partial charge < -0.3 is 5.32 Å². The number of para-hydroxylation sites is 1. The number of hydrogen-bond acceptors (Lipinski definition) is 5. The molecule has 0 bridgehead atoms. The van der Waals surface area contributed by atoms with Gasteiger partial charge in [0.15, 0.2) is 0 Å². The third-order valence-electron chi connectivity index (χ3n) is 4.00. The number of pyridine rings is 2. The van der Waals surface area contributed by atoms with E-state index in [1.807, 2.05) is 48.5 Å². The van der Waals surface area contributed by atoms with Gasteiger partial charge in [0.2, 0.25) is 5.91 Å². The first-order chi connectivity index (χ1) is 12.8. The van der Waals surface area contributed by atoms with E-state index in [4.69, 9.17) is 0 Å². The molecule has 0 unspecified atom stereocenters. The molecule has 0 saturated carbocycles. The Morgan fingerprint density at radius 2 is 1.88 bits per heavy atom. The SMILES string of the molecule is O=C(Cn1nnc2ccccc21)NCc1ccnc(-c2ccncc2)c1. The highest BCUT2D eigenvalue weighted by Crippen LogP contribution is 2.16. The van der Waals surface area contributed by atoms with Crippen molar-refractivity contribution in [3.63, 3.8) is 0 Å². The number of nitrogens with one attached hydrogen (secondary N) is 1. The smallest absolute Gasteiger partial charge is 0.242 e. The lowest BCUT2D eigenvalue weighted by atomic mass is 10.1. The van der Waals surface area contributed by atoms with Gasteiger partial charge in [-0.15, -0.1) is 5.10 Å². The normalized spacial score (nSPS) is 10.8. The van der Waals surface area contributed by atoms with E-state index < -0.39 is 0 Å². The third kappa shape index (κ3) is 3.41. The van der Waals surface area contributed by atoms with Crippen molar-refractivity contribution in [2.75, 3.05) is 0 Å². The fraction of sp³-hybridized carbons (Fsp3) is 0.105. The van der Waals surface area contributed by atoms with Gasteiger partial charge in [-0.2, -0.15) is 0 Å². The number of rotatable bonds is 5. The average Bonchev–Trinajstić information content (AvgIpc) is 3.10. The molecule has 128 valence electrons. The summed E-state index contributed by atoms with van der Waals surface area (Å²) in [5.41, 5.74) is 4.43. The molecular formula is C19H16N6O. The molecule has 7 heteroatoms. The van der Waals surface area contributed by atoms with Crippen LogP contribution < -0.4 is 5.32 Å². The third-order valence-corrected chi connectivity index (χ3v) is 4.00. The largest absolute Gasteiger partial charge is 0.350 e. The molecule has 0 spiro atoms. The van der Waals surface area contributed by atoms with E-state index in [1.165, 1.54) is 0 Å². The van der Waals surface area contributed by atoms with Crippen LogP contribution >= 0.6 is 0 Å². The Kier molecular flexibility index (Phi) is 4.34. The number of carbonyl (C=O) groups is 1. The second-order valence-corrected chi connectivity index (χ2v) is 5.80. The maximum Gasteiger partial charge on any atom is 0.242 e. The fourth-order valence-electron chi connectivity index (χ4n) is 2.69. The summed E-state index contributed by atoms with van der Waals surface area (Å²) < 4.78 is 1.60. The summed E-state index contributed by atoms with van der Waals surface area (Å²) in [7, 11) is 0. The molecule has 7 nitrogen and oxygen atoms in total. The number of amides is 1. The van der Waals surface area contributed by atoms with Crippen LogP contribution in [0.2, 0.25) is 0 Å². The topological polar surface area (TPSA) is 85.6 Å². The molecule has 0 saturated heterocycles. The van der Waals surface area contributed by atoms with Gasteiger partial charge in [0.05, 0.1) is 11.2 Å². The van der Waals surface area contributed by atoms with Gasteiger partial charge >= 0.3 is 0 Å². The molecule has 0 aliphatic heterocycles. The van der Waals surface area contributed by atoms with Gasteiger partial charge in [-0.05, 0) is 42.0 Å². The highest BCUT2D eigenvalue weighted by atomic mass is 16.2. The van der Waals surface area contributed by atoms with E-state index in [0.717, 1.165) is 27.9 Å². The van der Waals surface area contributed by atoms with Crippen LogP contribution in [0, 0.1) is 0 Å². The summed E-state index contributed by atoms with van der Waals surface area (Å²) in [6.07, 6.45) is 5.20. The fourth-order valence-corrected chi connectivity index (χ4v) is 2.69. The van der Waals surface area contributed by atoms with Gasteiger partial charge in [-0.25, -0.2) is 4.68 Å². The zero-order valence-corrected chi connectivity index (χ0v) is 13.9. The molecule has 1 N–H and O–H groups in total. The summed E-state index contributed by atoms with van der Waals surface area (Å²) in [5.74, 6) is -0.122. The Bertz CT molecular complexity index is 1040. The Labute approximate surface area is 149 Å². The highest BCUT2D eigenvalue weighted by Gasteiger charge is 2.08. The van der Waals surface area contributed by atoms with Crippen LogP contribution in [0.4, 0.5) is 0 Å². The van der Waals surface area contributed by atoms with Crippen molar-refractivity contribution in [3.05, 3.63) is 72.7 Å². The van der Waals surface area contributed by atoms with Crippen LogP contribution in [-0.4, -0.2) is 30.9 Å². The average molecular weight is 344 g/mol. The lowest BCUT2D eigenvalue weighted by Crippen LogP contribution is -2.27. The van der Waals surface area contributed by atoms with Gasteiger partial charge in [0, 0.05) is 30.7 Å². The van der Waals surface area contributed by atoms with Gasteiger partial charge in [0.1, 0.15) is 12.1 Å². The van der Waals surface area contributed by atoms with E-state index >= 15 is 0 Å². The summed E-state index contributed by atoms with van der Waals surface area (Å²) >= 11 is 0. The summed E-state index contributed by atoms with van der Waals surface area (Å²) in [5, 5.41) is 11.0. The summed E-state index contributed by atoms with van der Waals surface area (Å²) in [4.78, 5) is 20.6. The molecular weight excluding hydrogens is 328 g/mol. The van der Waals surface area contributed by atoms with Crippen LogP contribution in [0.25, 0.3) is 22.3 Å². The van der Waals surface area contributed by atoms with Crippen molar-refractivity contribution in [2.45, 2.75) is 13.1 Å². The Balaban J connectivity index is 1.42. The number of nitrogens with zero attached hydrogens (tertiary/aromatic N) is 5. The van der Waals surface area contributed by atoms with Crippen LogP contribution in [0.3, 0.4) is 0 Å². The van der Waals surface area contributed by atoms with Gasteiger partial charge in [0.25, 0.3) is 0 Å². The molecule has 0 fully saturated rings. The molecule has 26 heavy (non-hydrogen) atoms. The minimum atomic E-state index is -0.122. The second-order valence-electron chi connectivity index (χ2n) is 5.80. The van der Waals surface area contributed by atoms with Crippen LogP contribution in [0.15, 0.2) is 67.1 Å². The van der Waals surface area contributed by atoms with Crippen LogP contribution in [0.5, 0.6) is 0 Å². The van der Waals surface area contributed by atoms with Gasteiger partial charge in [-0.1, -0.05) is 17.3 Å². The number of aromatic nitrogens is 5. The molecule has 1 aromatic carbocycles. The predicted octanol–water partition coefficient (Wildman–Crippen LogP) is 2.20. The number of benzene rings is 1. The van der Waals surface area contributed by atoms with E-state index in [0.29, 0.717) is 6.54 Å². The monoisotopic (exact) mass is 344 g/mol. The Hall–Kier alpha value is -3.61. The van der Waals surface area contributed by atoms with Crippen molar-refractivity contribution in [1.29, 1.82) is 0 Å². The molecule has 3 heterocycles. The zero-order chi connectivity index (χ0) is 17.8. The minimum Gasteiger partial charge on any atom is -0.350 e. The van der Waals surface area contributed by atoms with Crippen molar-refractivity contribution < 1.29 is 4.79 Å². The maximum absolute atomic E-state index is 12.3. The molecule has 4 rings (SSSR count). The van der Waals surface area contributed by atoms with Crippen molar-refractivity contribution in [3.8, 4) is 11.3 Å². The minimum absolute atomic E-state index is 0.122. The Morgan fingerprint density at radius 3 is 2.77 bits per heavy atom. The highest BCUT2D eigenvalue weighted by molar-refractivity contribution is 5.79. The van der Waals surface area contributed by atoms with Gasteiger partial charge in [-0.3, -0.25) is 14.8 Å². The van der Waals surface area contributed by atoms with Crippen molar-refractivity contribution in [2.24, 2.45) is 0 Å². The molecule has 1 amide bonds. The number of fused-ring (bicyclic) bond motifs is 1. The second kappa shape index (κ2) is 7.10. The van der Waals surface area contributed by atoms with E-state index in [-0.39, 0.29) is 12.5 Å². The maximum atomic E-state index is 12.3. The van der Waals surface area contributed by atoms with E-state index in [2.05, 4.69) is 25.6 Å². The first-order valence-corrected chi connectivity index (χ1v) is 8.20. The Morgan fingerprint density at radius 1 is 1.04 bits per heavy atom. The predicted molar refractivity (Wildman–Crippen MR) is 96.8 cm³/mol. The number of carbonyl (C=O) groups excluding carboxylic acids is 1. The molecule has 3 aromatic heterocycles. The van der Waals surface area contributed by atoms with Crippen molar-refractivity contribution >= 4 is 16.9 Å².